The van der Waals surface area contributed by atoms with E-state index in [0.29, 0.717) is 0 Å². The third kappa shape index (κ3) is 1.64. The second-order valence-corrected chi connectivity index (χ2v) is 3.05. The summed E-state index contributed by atoms with van der Waals surface area (Å²) in [7, 11) is 0. The molecule has 4 heteroatoms. The van der Waals surface area contributed by atoms with E-state index < -0.39 is 0 Å². The predicted molar refractivity (Wildman–Crippen MR) is 47.7 cm³/mol. The molecular formula is C8H16N4. The Morgan fingerprint density at radius 2 is 2.17 bits per heavy atom. The molecule has 1 rings (SSSR count). The van der Waals surface area contributed by atoms with Crippen molar-refractivity contribution in [1.29, 1.82) is 0 Å². The summed E-state index contributed by atoms with van der Waals surface area (Å²) in [4.78, 5) is 0. The second-order valence-electron chi connectivity index (χ2n) is 3.05. The van der Waals surface area contributed by atoms with Crippen molar-refractivity contribution >= 4 is 0 Å². The third-order valence-corrected chi connectivity index (χ3v) is 1.82. The Morgan fingerprint density at radius 3 is 2.67 bits per heavy atom. The summed E-state index contributed by atoms with van der Waals surface area (Å²) in [6.07, 6.45) is 1.08. The number of aromatic nitrogens is 3. The molecule has 1 atom stereocenters. The normalized spacial score (nSPS) is 13.3. The number of nitrogens with zero attached hydrogens (tertiary/aromatic N) is 3. The molecule has 4 nitrogen and oxygen atoms in total. The van der Waals surface area contributed by atoms with Crippen molar-refractivity contribution in [3.63, 3.8) is 0 Å². The molecule has 12 heavy (non-hydrogen) atoms. The van der Waals surface area contributed by atoms with Crippen LogP contribution in [-0.4, -0.2) is 14.8 Å². The van der Waals surface area contributed by atoms with E-state index in [1.54, 1.807) is 0 Å². The fourth-order valence-corrected chi connectivity index (χ4v) is 1.23. The monoisotopic (exact) mass is 168 g/mol. The van der Waals surface area contributed by atoms with E-state index in [4.69, 9.17) is 5.73 Å². The van der Waals surface area contributed by atoms with Crippen LogP contribution in [0.3, 0.4) is 0 Å². The highest BCUT2D eigenvalue weighted by atomic mass is 15.3. The van der Waals surface area contributed by atoms with Crippen LogP contribution in [-0.2, 0) is 6.54 Å². The highest BCUT2D eigenvalue weighted by Crippen LogP contribution is 2.08. The fourth-order valence-electron chi connectivity index (χ4n) is 1.23. The Kier molecular flexibility index (Phi) is 2.81. The maximum Gasteiger partial charge on any atom is 0.149 e. The molecule has 0 aromatic carbocycles. The van der Waals surface area contributed by atoms with E-state index in [1.807, 2.05) is 13.8 Å². The van der Waals surface area contributed by atoms with Crippen molar-refractivity contribution in [1.82, 2.24) is 14.8 Å². The van der Waals surface area contributed by atoms with Gasteiger partial charge >= 0.3 is 0 Å². The molecule has 0 fully saturated rings. The number of rotatable bonds is 3. The minimum absolute atomic E-state index is 0.0299. The molecule has 0 unspecified atom stereocenters. The Bertz CT molecular complexity index is 252. The van der Waals surface area contributed by atoms with Crippen molar-refractivity contribution in [3.05, 3.63) is 11.6 Å². The summed E-state index contributed by atoms with van der Waals surface area (Å²) >= 11 is 0. The predicted octanol–water partition coefficient (Wildman–Crippen LogP) is 1.02. The zero-order valence-electron chi connectivity index (χ0n) is 7.91. The second kappa shape index (κ2) is 3.67. The highest BCUT2D eigenvalue weighted by Gasteiger charge is 2.10. The summed E-state index contributed by atoms with van der Waals surface area (Å²) in [6.45, 7) is 6.96. The number of nitrogens with two attached hydrogens (primary N) is 1. The van der Waals surface area contributed by atoms with E-state index in [0.717, 1.165) is 24.6 Å². The van der Waals surface area contributed by atoms with Gasteiger partial charge in [0.15, 0.2) is 0 Å². The van der Waals surface area contributed by atoms with Gasteiger partial charge in [0.1, 0.15) is 11.6 Å². The number of hydrogen-bond donors (Lipinski definition) is 1. The van der Waals surface area contributed by atoms with Crippen molar-refractivity contribution < 1.29 is 0 Å². The molecule has 0 amide bonds. The van der Waals surface area contributed by atoms with E-state index in [1.165, 1.54) is 0 Å². The van der Waals surface area contributed by atoms with Crippen molar-refractivity contribution in [2.75, 3.05) is 0 Å². The van der Waals surface area contributed by atoms with Crippen LogP contribution in [0.4, 0.5) is 0 Å². The fraction of sp³-hybridized carbons (Fsp3) is 0.750. The van der Waals surface area contributed by atoms with Crippen molar-refractivity contribution in [2.45, 2.75) is 39.8 Å². The summed E-state index contributed by atoms with van der Waals surface area (Å²) in [5.41, 5.74) is 5.73. The molecule has 0 aliphatic carbocycles. The number of aryl methyl sites for hydroxylation is 1. The van der Waals surface area contributed by atoms with Gasteiger partial charge in [-0.05, 0) is 20.3 Å². The standard InChI is InChI=1S/C8H16N4/c1-4-5-12-7(3)10-11-8(12)6(2)9/h6H,4-5,9H2,1-3H3/t6-/m0/s1. The van der Waals surface area contributed by atoms with Gasteiger partial charge in [0, 0.05) is 6.54 Å². The Labute approximate surface area is 72.8 Å². The molecule has 1 heterocycles. The van der Waals surface area contributed by atoms with Crippen LogP contribution < -0.4 is 5.73 Å². The van der Waals surface area contributed by atoms with Crippen LogP contribution in [0.15, 0.2) is 0 Å². The van der Waals surface area contributed by atoms with E-state index in [-0.39, 0.29) is 6.04 Å². The molecule has 0 radical (unpaired) electrons. The first-order chi connectivity index (χ1) is 5.66. The maximum absolute atomic E-state index is 5.73. The van der Waals surface area contributed by atoms with E-state index >= 15 is 0 Å². The van der Waals surface area contributed by atoms with Crippen LogP contribution in [0.1, 0.15) is 38.0 Å². The van der Waals surface area contributed by atoms with Crippen LogP contribution >= 0.6 is 0 Å². The molecule has 0 saturated heterocycles. The minimum Gasteiger partial charge on any atom is -0.322 e. The lowest BCUT2D eigenvalue weighted by Gasteiger charge is -2.08. The van der Waals surface area contributed by atoms with E-state index in [9.17, 15) is 0 Å². The van der Waals surface area contributed by atoms with Crippen molar-refractivity contribution in [3.8, 4) is 0 Å². The lowest BCUT2D eigenvalue weighted by Crippen LogP contribution is -2.14. The SMILES string of the molecule is CCCn1c(C)nnc1[C@H](C)N. The quantitative estimate of drug-likeness (QED) is 0.733. The Hall–Kier alpha value is -0.900. The minimum atomic E-state index is -0.0299. The smallest absolute Gasteiger partial charge is 0.149 e. The number of hydrogen-bond acceptors (Lipinski definition) is 3. The largest absolute Gasteiger partial charge is 0.322 e. The first-order valence-electron chi connectivity index (χ1n) is 4.32. The third-order valence-electron chi connectivity index (χ3n) is 1.82. The average molecular weight is 168 g/mol. The van der Waals surface area contributed by atoms with Crippen LogP contribution in [0.25, 0.3) is 0 Å². The van der Waals surface area contributed by atoms with Gasteiger partial charge in [0.2, 0.25) is 0 Å². The van der Waals surface area contributed by atoms with Gasteiger partial charge in [-0.3, -0.25) is 0 Å². The zero-order chi connectivity index (χ0) is 9.14. The first-order valence-corrected chi connectivity index (χ1v) is 4.32. The molecule has 0 spiro atoms. The summed E-state index contributed by atoms with van der Waals surface area (Å²) in [6, 6.07) is -0.0299. The highest BCUT2D eigenvalue weighted by molar-refractivity contribution is 4.97. The molecule has 0 saturated carbocycles. The Balaban J connectivity index is 2.95. The lowest BCUT2D eigenvalue weighted by atomic mass is 10.3. The zero-order valence-corrected chi connectivity index (χ0v) is 7.91. The van der Waals surface area contributed by atoms with Gasteiger partial charge in [0.05, 0.1) is 6.04 Å². The topological polar surface area (TPSA) is 56.7 Å². The van der Waals surface area contributed by atoms with Gasteiger partial charge in [-0.15, -0.1) is 10.2 Å². The van der Waals surface area contributed by atoms with E-state index in [2.05, 4.69) is 21.7 Å². The molecular weight excluding hydrogens is 152 g/mol. The molecule has 0 aliphatic heterocycles. The van der Waals surface area contributed by atoms with Crippen molar-refractivity contribution in [2.24, 2.45) is 5.73 Å². The Morgan fingerprint density at radius 1 is 1.50 bits per heavy atom. The molecule has 0 aliphatic rings. The van der Waals surface area contributed by atoms with Gasteiger partial charge < -0.3 is 10.3 Å². The molecule has 1 aromatic heterocycles. The molecule has 0 bridgehead atoms. The summed E-state index contributed by atoms with van der Waals surface area (Å²) in [5.74, 6) is 1.83. The van der Waals surface area contributed by atoms with Gasteiger partial charge in [-0.1, -0.05) is 6.92 Å². The average Bonchev–Trinajstić information content (AvgIpc) is 2.34. The maximum atomic E-state index is 5.73. The summed E-state index contributed by atoms with van der Waals surface area (Å²) < 4.78 is 2.07. The van der Waals surface area contributed by atoms with Gasteiger partial charge in [-0.25, -0.2) is 0 Å². The lowest BCUT2D eigenvalue weighted by molar-refractivity contribution is 0.589. The van der Waals surface area contributed by atoms with Crippen LogP contribution in [0, 0.1) is 6.92 Å². The van der Waals surface area contributed by atoms with Crippen LogP contribution in [0.5, 0.6) is 0 Å². The van der Waals surface area contributed by atoms with Gasteiger partial charge in [0.25, 0.3) is 0 Å². The molecule has 68 valence electrons. The van der Waals surface area contributed by atoms with Gasteiger partial charge in [-0.2, -0.15) is 0 Å². The molecule has 2 N–H and O–H groups in total. The molecule has 1 aromatic rings. The summed E-state index contributed by atoms with van der Waals surface area (Å²) in [5, 5.41) is 8.01. The van der Waals surface area contributed by atoms with Crippen LogP contribution in [0.2, 0.25) is 0 Å². The first kappa shape index (κ1) is 9.19.